The van der Waals surface area contributed by atoms with Crippen molar-refractivity contribution in [3.63, 3.8) is 0 Å². The lowest BCUT2D eigenvalue weighted by Gasteiger charge is -2.20. The average molecular weight is 466 g/mol. The molecule has 180 valence electrons. The summed E-state index contributed by atoms with van der Waals surface area (Å²) >= 11 is 0. The number of aryl methyl sites for hydroxylation is 1. The Morgan fingerprint density at radius 2 is 1.74 bits per heavy atom. The molecule has 1 atom stereocenters. The molecule has 0 radical (unpaired) electrons. The quantitative estimate of drug-likeness (QED) is 0.611. The van der Waals surface area contributed by atoms with Crippen LogP contribution in [0.5, 0.6) is 0 Å². The van der Waals surface area contributed by atoms with Crippen molar-refractivity contribution in [1.82, 2.24) is 10.4 Å². The van der Waals surface area contributed by atoms with E-state index in [0.717, 1.165) is 22.6 Å². The van der Waals surface area contributed by atoms with Gasteiger partial charge in [0, 0.05) is 17.7 Å². The van der Waals surface area contributed by atoms with E-state index >= 15 is 0 Å². The maximum absolute atomic E-state index is 12.6. The summed E-state index contributed by atoms with van der Waals surface area (Å²) in [5.74, 6) is -2.69. The molecule has 0 aromatic heterocycles. The number of rotatable bonds is 7. The predicted molar refractivity (Wildman–Crippen MR) is 128 cm³/mol. The van der Waals surface area contributed by atoms with Crippen LogP contribution in [0, 0.1) is 5.92 Å². The highest BCUT2D eigenvalue weighted by Gasteiger charge is 2.36. The average Bonchev–Trinajstić information content (AvgIpc) is 3.17. The highest BCUT2D eigenvalue weighted by Crippen LogP contribution is 2.23. The maximum Gasteiger partial charge on any atom is 0.311 e. The van der Waals surface area contributed by atoms with Crippen LogP contribution in [-0.4, -0.2) is 41.9 Å². The molecule has 3 rings (SSSR count). The number of para-hydroxylation sites is 1. The molecule has 0 bridgehead atoms. The van der Waals surface area contributed by atoms with Gasteiger partial charge in [-0.15, -0.1) is 0 Å². The van der Waals surface area contributed by atoms with Crippen LogP contribution in [0.3, 0.4) is 0 Å². The molecule has 1 fully saturated rings. The van der Waals surface area contributed by atoms with E-state index < -0.39 is 30.3 Å². The summed E-state index contributed by atoms with van der Waals surface area (Å²) in [7, 11) is 0. The summed E-state index contributed by atoms with van der Waals surface area (Å²) in [4.78, 5) is 49.5. The second-order valence-electron chi connectivity index (χ2n) is 9.34. The van der Waals surface area contributed by atoms with Gasteiger partial charge in [0.2, 0.25) is 5.91 Å². The van der Waals surface area contributed by atoms with Gasteiger partial charge in [-0.2, -0.15) is 0 Å². The van der Waals surface area contributed by atoms with Gasteiger partial charge in [-0.05, 0) is 41.2 Å². The minimum Gasteiger partial charge on any atom is -0.455 e. The minimum atomic E-state index is -0.758. The van der Waals surface area contributed by atoms with Crippen LogP contribution >= 0.6 is 0 Å². The third-order valence-electron chi connectivity index (χ3n) is 5.73. The number of nitrogens with zero attached hydrogens (tertiary/aromatic N) is 1. The molecule has 8 heteroatoms. The lowest BCUT2D eigenvalue weighted by atomic mass is 9.87. The van der Waals surface area contributed by atoms with Crippen LogP contribution < -0.4 is 10.7 Å². The minimum absolute atomic E-state index is 0.0102. The van der Waals surface area contributed by atoms with E-state index in [1.54, 1.807) is 18.2 Å². The summed E-state index contributed by atoms with van der Waals surface area (Å²) in [6, 6.07) is 14.6. The largest absolute Gasteiger partial charge is 0.455 e. The van der Waals surface area contributed by atoms with Gasteiger partial charge in [-0.3, -0.25) is 29.6 Å². The van der Waals surface area contributed by atoms with Crippen LogP contribution in [-0.2, 0) is 31.0 Å². The Balaban J connectivity index is 1.50. The van der Waals surface area contributed by atoms with E-state index in [1.807, 2.05) is 37.3 Å². The number of carbonyl (C=O) groups excluding carboxylic acids is 4. The molecule has 34 heavy (non-hydrogen) atoms. The Bertz CT molecular complexity index is 1070. The lowest BCUT2D eigenvalue weighted by molar-refractivity contribution is -0.151. The van der Waals surface area contributed by atoms with Crippen molar-refractivity contribution in [1.29, 1.82) is 0 Å². The lowest BCUT2D eigenvalue weighted by Crippen LogP contribution is -2.43. The molecule has 8 nitrogen and oxygen atoms in total. The topological polar surface area (TPSA) is 105 Å². The molecule has 0 spiro atoms. The number of esters is 1. The number of carbonyl (C=O) groups is 4. The van der Waals surface area contributed by atoms with Crippen LogP contribution in [0.25, 0.3) is 0 Å². The smallest absolute Gasteiger partial charge is 0.311 e. The number of hydrogen-bond donors (Lipinski definition) is 2. The van der Waals surface area contributed by atoms with Crippen LogP contribution in [0.15, 0.2) is 48.5 Å². The Morgan fingerprint density at radius 3 is 2.38 bits per heavy atom. The van der Waals surface area contributed by atoms with Crippen molar-refractivity contribution >= 4 is 29.4 Å². The summed E-state index contributed by atoms with van der Waals surface area (Å²) in [5.41, 5.74) is 5.67. The fraction of sp³-hybridized carbons (Fsp3) is 0.385. The monoisotopic (exact) mass is 465 g/mol. The molecule has 1 aliphatic heterocycles. The Kier molecular flexibility index (Phi) is 7.71. The number of hydrogen-bond acceptors (Lipinski definition) is 5. The van der Waals surface area contributed by atoms with Crippen LogP contribution in [0.4, 0.5) is 5.69 Å². The normalized spacial score (nSPS) is 15.7. The molecule has 0 saturated carbocycles. The summed E-state index contributed by atoms with van der Waals surface area (Å²) < 4.78 is 5.12. The third kappa shape index (κ3) is 6.21. The SMILES string of the molecule is CCc1ccccc1NC(=O)COC(=O)[C@H]1CC(=O)N(NC(=O)c2ccc(C(C)(C)C)cc2)C1. The molecule has 1 saturated heterocycles. The van der Waals surface area contributed by atoms with E-state index in [4.69, 9.17) is 4.74 Å². The van der Waals surface area contributed by atoms with Gasteiger partial charge >= 0.3 is 5.97 Å². The summed E-state index contributed by atoms with van der Waals surface area (Å²) in [6.45, 7) is 7.76. The van der Waals surface area contributed by atoms with Gasteiger partial charge in [-0.1, -0.05) is 58.0 Å². The first kappa shape index (κ1) is 25.0. The van der Waals surface area contributed by atoms with Crippen molar-refractivity contribution in [3.8, 4) is 0 Å². The first-order valence-electron chi connectivity index (χ1n) is 11.3. The van der Waals surface area contributed by atoms with Crippen molar-refractivity contribution in [2.24, 2.45) is 5.92 Å². The van der Waals surface area contributed by atoms with Gasteiger partial charge in [-0.25, -0.2) is 0 Å². The van der Waals surface area contributed by atoms with Gasteiger partial charge < -0.3 is 10.1 Å². The number of hydrazine groups is 1. The van der Waals surface area contributed by atoms with Gasteiger partial charge in [0.05, 0.1) is 12.5 Å². The fourth-order valence-corrected chi connectivity index (χ4v) is 3.67. The number of benzene rings is 2. The number of amides is 3. The third-order valence-corrected chi connectivity index (χ3v) is 5.73. The maximum atomic E-state index is 12.6. The highest BCUT2D eigenvalue weighted by atomic mass is 16.5. The van der Waals surface area contributed by atoms with Gasteiger partial charge in [0.1, 0.15) is 0 Å². The number of ether oxygens (including phenoxy) is 1. The van der Waals surface area contributed by atoms with Gasteiger partial charge in [0.25, 0.3) is 11.8 Å². The number of nitrogens with one attached hydrogen (secondary N) is 2. The molecule has 3 amide bonds. The van der Waals surface area contributed by atoms with Crippen molar-refractivity contribution in [2.75, 3.05) is 18.5 Å². The fourth-order valence-electron chi connectivity index (χ4n) is 3.67. The Morgan fingerprint density at radius 1 is 1.06 bits per heavy atom. The Labute approximate surface area is 199 Å². The van der Waals surface area contributed by atoms with E-state index in [1.165, 1.54) is 0 Å². The van der Waals surface area contributed by atoms with E-state index in [9.17, 15) is 19.2 Å². The standard InChI is InChI=1S/C26H31N3O5/c1-5-17-8-6-7-9-21(17)27-22(30)16-34-25(33)19-14-23(31)29(15-19)28-24(32)18-10-12-20(13-11-18)26(2,3)4/h6-13,19H,5,14-16H2,1-4H3,(H,27,30)(H,28,32)/t19-/m0/s1. The predicted octanol–water partition coefficient (Wildman–Crippen LogP) is 3.22. The zero-order valence-electron chi connectivity index (χ0n) is 20.0. The summed E-state index contributed by atoms with van der Waals surface area (Å²) in [5, 5.41) is 3.86. The molecular formula is C26H31N3O5. The van der Waals surface area contributed by atoms with Crippen LogP contribution in [0.1, 0.15) is 55.6 Å². The Hall–Kier alpha value is -3.68. The first-order valence-corrected chi connectivity index (χ1v) is 11.3. The second-order valence-corrected chi connectivity index (χ2v) is 9.34. The van der Waals surface area contributed by atoms with Crippen LogP contribution in [0.2, 0.25) is 0 Å². The van der Waals surface area contributed by atoms with Crippen molar-refractivity contribution < 1.29 is 23.9 Å². The molecule has 0 aliphatic carbocycles. The first-order chi connectivity index (χ1) is 16.1. The highest BCUT2D eigenvalue weighted by molar-refractivity contribution is 5.97. The zero-order chi connectivity index (χ0) is 24.9. The molecular weight excluding hydrogens is 434 g/mol. The second kappa shape index (κ2) is 10.5. The van der Waals surface area contributed by atoms with E-state index in [2.05, 4.69) is 31.5 Å². The summed E-state index contributed by atoms with van der Waals surface area (Å²) in [6.07, 6.45) is 0.658. The molecule has 0 unspecified atom stereocenters. The number of anilines is 1. The molecule has 1 heterocycles. The molecule has 2 aromatic carbocycles. The van der Waals surface area contributed by atoms with E-state index in [0.29, 0.717) is 11.3 Å². The van der Waals surface area contributed by atoms with Gasteiger partial charge in [0.15, 0.2) is 6.61 Å². The zero-order valence-corrected chi connectivity index (χ0v) is 20.0. The molecule has 2 aromatic rings. The molecule has 2 N–H and O–H groups in total. The molecule has 1 aliphatic rings. The van der Waals surface area contributed by atoms with E-state index in [-0.39, 0.29) is 24.3 Å². The van der Waals surface area contributed by atoms with Crippen molar-refractivity contribution in [3.05, 3.63) is 65.2 Å². The van der Waals surface area contributed by atoms with Crippen molar-refractivity contribution in [2.45, 2.75) is 46.0 Å².